The minimum atomic E-state index is -0.553. The van der Waals surface area contributed by atoms with Crippen molar-refractivity contribution in [2.75, 3.05) is 13.2 Å². The van der Waals surface area contributed by atoms with Gasteiger partial charge in [-0.2, -0.15) is 0 Å². The van der Waals surface area contributed by atoms with Gasteiger partial charge in [0, 0.05) is 12.6 Å². The zero-order valence-corrected chi connectivity index (χ0v) is 15.1. The molecule has 0 saturated heterocycles. The van der Waals surface area contributed by atoms with E-state index >= 15 is 0 Å². The lowest BCUT2D eigenvalue weighted by atomic mass is 10.1. The summed E-state index contributed by atoms with van der Waals surface area (Å²) >= 11 is 0. The molecule has 0 aliphatic carbocycles. The summed E-state index contributed by atoms with van der Waals surface area (Å²) in [5.41, 5.74) is 1.21. The van der Waals surface area contributed by atoms with Gasteiger partial charge in [0.15, 0.2) is 0 Å². The van der Waals surface area contributed by atoms with Crippen LogP contribution in [-0.4, -0.2) is 24.4 Å². The number of rotatable bonds is 7. The quantitative estimate of drug-likeness (QED) is 0.660. The number of aliphatic hydroxyl groups excluding tert-OH is 1. The number of fused-ring (bicyclic) bond motifs is 1. The van der Waals surface area contributed by atoms with E-state index in [0.717, 1.165) is 11.1 Å². The van der Waals surface area contributed by atoms with Gasteiger partial charge in [0.2, 0.25) is 0 Å². The van der Waals surface area contributed by atoms with Crippen LogP contribution in [0.2, 0.25) is 0 Å². The molecule has 0 saturated carbocycles. The number of benzene rings is 3. The Balaban J connectivity index is 0.00000225. The second-order valence-corrected chi connectivity index (χ2v) is 6.01. The lowest BCUT2D eigenvalue weighted by molar-refractivity contribution is 0.104. The fraction of sp³-hybridized carbons (Fsp3) is 0.238. The van der Waals surface area contributed by atoms with E-state index in [2.05, 4.69) is 36.5 Å². The fourth-order valence-corrected chi connectivity index (χ4v) is 2.68. The maximum Gasteiger partial charge on any atom is 0.120 e. The summed E-state index contributed by atoms with van der Waals surface area (Å²) < 4.78 is 5.72. The van der Waals surface area contributed by atoms with Crippen LogP contribution in [0.4, 0.5) is 0 Å². The second-order valence-electron chi connectivity index (χ2n) is 6.01. The average molecular weight is 358 g/mol. The Morgan fingerprint density at radius 1 is 0.920 bits per heavy atom. The van der Waals surface area contributed by atoms with Crippen LogP contribution in [0, 0.1) is 0 Å². The van der Waals surface area contributed by atoms with Crippen LogP contribution >= 0.6 is 12.4 Å². The maximum absolute atomic E-state index is 10.1. The van der Waals surface area contributed by atoms with E-state index in [0.29, 0.717) is 6.54 Å². The van der Waals surface area contributed by atoms with Crippen LogP contribution in [0.3, 0.4) is 0 Å². The third kappa shape index (κ3) is 5.46. The summed E-state index contributed by atoms with van der Waals surface area (Å²) in [6.45, 7) is 2.85. The minimum absolute atomic E-state index is 0. The van der Waals surface area contributed by atoms with Crippen LogP contribution in [-0.2, 0) is 0 Å². The first-order chi connectivity index (χ1) is 11.7. The molecule has 0 aliphatic heterocycles. The second kappa shape index (κ2) is 9.42. The first kappa shape index (κ1) is 19.3. The van der Waals surface area contributed by atoms with Crippen LogP contribution in [0.1, 0.15) is 18.5 Å². The van der Waals surface area contributed by atoms with Gasteiger partial charge in [0.1, 0.15) is 18.5 Å². The number of hydrogen-bond donors (Lipinski definition) is 2. The fourth-order valence-electron chi connectivity index (χ4n) is 2.68. The van der Waals surface area contributed by atoms with Crippen molar-refractivity contribution in [2.45, 2.75) is 19.1 Å². The molecule has 2 unspecified atom stereocenters. The molecule has 2 N–H and O–H groups in total. The van der Waals surface area contributed by atoms with E-state index < -0.39 is 6.10 Å². The van der Waals surface area contributed by atoms with Crippen LogP contribution in [0.25, 0.3) is 10.8 Å². The Labute approximate surface area is 155 Å². The molecule has 3 nitrogen and oxygen atoms in total. The highest BCUT2D eigenvalue weighted by Crippen LogP contribution is 2.20. The van der Waals surface area contributed by atoms with E-state index in [1.54, 1.807) is 0 Å². The number of hydrogen-bond acceptors (Lipinski definition) is 3. The first-order valence-corrected chi connectivity index (χ1v) is 8.30. The Morgan fingerprint density at radius 2 is 1.60 bits per heavy atom. The standard InChI is InChI=1S/C21H23NO2.ClH/c1-16(17-7-3-2-4-8-17)22-14-20(23)15-24-21-12-11-18-9-5-6-10-19(18)13-21;/h2-13,16,20,22-23H,14-15H2,1H3;1H. The molecule has 0 radical (unpaired) electrons. The van der Waals surface area contributed by atoms with Gasteiger partial charge in [0.25, 0.3) is 0 Å². The number of aliphatic hydroxyl groups is 1. The SMILES string of the molecule is CC(NCC(O)COc1ccc2ccccc2c1)c1ccccc1.Cl. The molecule has 3 aromatic rings. The van der Waals surface area contributed by atoms with E-state index in [4.69, 9.17) is 4.74 Å². The smallest absolute Gasteiger partial charge is 0.120 e. The number of nitrogens with one attached hydrogen (secondary N) is 1. The molecule has 4 heteroatoms. The summed E-state index contributed by atoms with van der Waals surface area (Å²) in [5, 5.41) is 15.8. The molecule has 0 fully saturated rings. The summed E-state index contributed by atoms with van der Waals surface area (Å²) in [6, 6.07) is 24.5. The first-order valence-electron chi connectivity index (χ1n) is 8.30. The molecule has 0 amide bonds. The molecule has 0 bridgehead atoms. The van der Waals surface area contributed by atoms with E-state index in [9.17, 15) is 5.11 Å². The third-order valence-corrected chi connectivity index (χ3v) is 4.12. The van der Waals surface area contributed by atoms with Gasteiger partial charge in [0.05, 0.1) is 0 Å². The topological polar surface area (TPSA) is 41.5 Å². The van der Waals surface area contributed by atoms with Crippen LogP contribution in [0.15, 0.2) is 72.8 Å². The van der Waals surface area contributed by atoms with Gasteiger partial charge in [-0.3, -0.25) is 0 Å². The van der Waals surface area contributed by atoms with Crippen molar-refractivity contribution in [2.24, 2.45) is 0 Å². The van der Waals surface area contributed by atoms with Crippen molar-refractivity contribution >= 4 is 23.2 Å². The molecule has 25 heavy (non-hydrogen) atoms. The number of halogens is 1. The summed E-state index contributed by atoms with van der Waals surface area (Å²) in [4.78, 5) is 0. The Bertz CT molecular complexity index is 779. The van der Waals surface area contributed by atoms with Crippen molar-refractivity contribution in [3.05, 3.63) is 78.4 Å². The molecule has 0 aliphatic rings. The van der Waals surface area contributed by atoms with Crippen molar-refractivity contribution < 1.29 is 9.84 Å². The van der Waals surface area contributed by atoms with E-state index in [1.165, 1.54) is 10.9 Å². The van der Waals surface area contributed by atoms with Gasteiger partial charge in [-0.05, 0) is 35.4 Å². The van der Waals surface area contributed by atoms with E-state index in [1.807, 2.05) is 48.5 Å². The van der Waals surface area contributed by atoms with Crippen molar-refractivity contribution in [3.63, 3.8) is 0 Å². The highest BCUT2D eigenvalue weighted by Gasteiger charge is 2.09. The molecule has 0 aromatic heterocycles. The molecular weight excluding hydrogens is 334 g/mol. The predicted octanol–water partition coefficient (Wildman–Crippen LogP) is 4.35. The lowest BCUT2D eigenvalue weighted by Gasteiger charge is -2.18. The average Bonchev–Trinajstić information content (AvgIpc) is 2.65. The molecule has 3 rings (SSSR count). The number of ether oxygens (including phenoxy) is 1. The van der Waals surface area contributed by atoms with Crippen molar-refractivity contribution in [1.29, 1.82) is 0 Å². The van der Waals surface area contributed by atoms with E-state index in [-0.39, 0.29) is 25.1 Å². The Morgan fingerprint density at radius 3 is 2.36 bits per heavy atom. The van der Waals surface area contributed by atoms with Gasteiger partial charge >= 0.3 is 0 Å². The normalized spacial score (nSPS) is 13.0. The minimum Gasteiger partial charge on any atom is -0.491 e. The van der Waals surface area contributed by atoms with Crippen LogP contribution < -0.4 is 10.1 Å². The predicted molar refractivity (Wildman–Crippen MR) is 106 cm³/mol. The summed E-state index contributed by atoms with van der Waals surface area (Å²) in [7, 11) is 0. The monoisotopic (exact) mass is 357 g/mol. The molecule has 2 atom stereocenters. The van der Waals surface area contributed by atoms with Gasteiger partial charge in [-0.15, -0.1) is 12.4 Å². The van der Waals surface area contributed by atoms with Gasteiger partial charge < -0.3 is 15.2 Å². The molecule has 132 valence electrons. The summed E-state index contributed by atoms with van der Waals surface area (Å²) in [6.07, 6.45) is -0.553. The molecule has 0 heterocycles. The highest BCUT2D eigenvalue weighted by molar-refractivity contribution is 5.85. The zero-order chi connectivity index (χ0) is 16.8. The summed E-state index contributed by atoms with van der Waals surface area (Å²) in [5.74, 6) is 0.781. The van der Waals surface area contributed by atoms with Crippen molar-refractivity contribution in [1.82, 2.24) is 5.32 Å². The van der Waals surface area contributed by atoms with Crippen LogP contribution in [0.5, 0.6) is 5.75 Å². The molecule has 3 aromatic carbocycles. The molecular formula is C21H24ClNO2. The van der Waals surface area contributed by atoms with Crippen molar-refractivity contribution in [3.8, 4) is 5.75 Å². The lowest BCUT2D eigenvalue weighted by Crippen LogP contribution is -2.33. The largest absolute Gasteiger partial charge is 0.491 e. The third-order valence-electron chi connectivity index (χ3n) is 4.12. The molecule has 0 spiro atoms. The maximum atomic E-state index is 10.1. The van der Waals surface area contributed by atoms with Gasteiger partial charge in [-0.25, -0.2) is 0 Å². The van der Waals surface area contributed by atoms with Gasteiger partial charge in [-0.1, -0.05) is 60.7 Å². The zero-order valence-electron chi connectivity index (χ0n) is 14.3. The Hall–Kier alpha value is -2.07. The Kier molecular flexibility index (Phi) is 7.26. The highest BCUT2D eigenvalue weighted by atomic mass is 35.5.